The van der Waals surface area contributed by atoms with Crippen LogP contribution >= 0.6 is 23.2 Å². The first-order valence-corrected chi connectivity index (χ1v) is 10.0. The Morgan fingerprint density at radius 2 is 1.96 bits per heavy atom. The van der Waals surface area contributed by atoms with E-state index in [1.165, 1.54) is 0 Å². The van der Waals surface area contributed by atoms with Gasteiger partial charge in [0.05, 0.1) is 16.7 Å². The molecule has 2 aliphatic rings. The van der Waals surface area contributed by atoms with E-state index >= 15 is 0 Å². The zero-order valence-electron chi connectivity index (χ0n) is 15.8. The molecule has 144 valence electrons. The highest BCUT2D eigenvalue weighted by molar-refractivity contribution is 6.36. The van der Waals surface area contributed by atoms with Gasteiger partial charge >= 0.3 is 5.91 Å². The fraction of sp³-hybridized carbons (Fsp3) is 0.333. The maximum absolute atomic E-state index is 13.2. The van der Waals surface area contributed by atoms with Crippen LogP contribution in [0, 0.1) is 5.92 Å². The van der Waals surface area contributed by atoms with Crippen molar-refractivity contribution in [1.29, 1.82) is 0 Å². The van der Waals surface area contributed by atoms with Gasteiger partial charge in [-0.3, -0.25) is 4.99 Å². The predicted octanol–water partition coefficient (Wildman–Crippen LogP) is 3.82. The molecule has 28 heavy (non-hydrogen) atoms. The summed E-state index contributed by atoms with van der Waals surface area (Å²) in [6, 6.07) is 11.1. The second-order valence-electron chi connectivity index (χ2n) is 7.38. The Morgan fingerprint density at radius 3 is 2.71 bits per heavy atom. The van der Waals surface area contributed by atoms with Crippen LogP contribution < -0.4 is 0 Å². The number of aromatic nitrogens is 1. The molecule has 1 amide bonds. The summed E-state index contributed by atoms with van der Waals surface area (Å²) < 4.78 is 1.80. The van der Waals surface area contributed by atoms with Crippen LogP contribution in [-0.4, -0.2) is 59.0 Å². The van der Waals surface area contributed by atoms with Gasteiger partial charge < -0.3 is 4.90 Å². The molecule has 1 aromatic heterocycles. The van der Waals surface area contributed by atoms with Crippen LogP contribution in [0.25, 0.3) is 0 Å². The molecule has 5 nitrogen and oxygen atoms in total. The molecule has 2 aromatic rings. The minimum Gasteiger partial charge on any atom is -0.309 e. The molecule has 1 unspecified atom stereocenters. The van der Waals surface area contributed by atoms with Crippen LogP contribution in [-0.2, 0) is 4.79 Å². The van der Waals surface area contributed by atoms with Gasteiger partial charge in [0, 0.05) is 18.1 Å². The van der Waals surface area contributed by atoms with Crippen molar-refractivity contribution in [3.05, 3.63) is 57.8 Å². The highest BCUT2D eigenvalue weighted by atomic mass is 35.5. The van der Waals surface area contributed by atoms with Gasteiger partial charge in [-0.05, 0) is 39.2 Å². The van der Waals surface area contributed by atoms with E-state index in [0.29, 0.717) is 34.5 Å². The Labute approximate surface area is 174 Å². The number of halogens is 2. The second-order valence-corrected chi connectivity index (χ2v) is 8.17. The third kappa shape index (κ3) is 3.50. The van der Waals surface area contributed by atoms with E-state index in [1.54, 1.807) is 10.6 Å². The summed E-state index contributed by atoms with van der Waals surface area (Å²) >= 11 is 12.6. The van der Waals surface area contributed by atoms with Crippen LogP contribution in [0.4, 0.5) is 5.69 Å². The van der Waals surface area contributed by atoms with Crippen molar-refractivity contribution < 1.29 is 9.37 Å². The monoisotopic (exact) mass is 415 g/mol. The van der Waals surface area contributed by atoms with Crippen molar-refractivity contribution in [3.8, 4) is 0 Å². The van der Waals surface area contributed by atoms with Crippen molar-refractivity contribution in [1.82, 2.24) is 9.88 Å². The summed E-state index contributed by atoms with van der Waals surface area (Å²) in [4.78, 5) is 24.7. The molecule has 0 N–H and O–H groups in total. The molecule has 0 aliphatic carbocycles. The van der Waals surface area contributed by atoms with Crippen molar-refractivity contribution in [2.75, 3.05) is 27.2 Å². The molecule has 7 heteroatoms. The summed E-state index contributed by atoms with van der Waals surface area (Å²) in [7, 11) is 4.04. The predicted molar refractivity (Wildman–Crippen MR) is 112 cm³/mol. The number of aliphatic imine (C=N–C) groups is 1. The minimum absolute atomic E-state index is 0.0296. The Balaban J connectivity index is 1.79. The lowest BCUT2D eigenvalue weighted by Gasteiger charge is -2.12. The number of hydrogen-bond donors (Lipinski definition) is 0. The number of rotatable bonds is 4. The first-order chi connectivity index (χ1) is 13.5. The molecular weight excluding hydrogens is 395 g/mol. The molecule has 0 saturated heterocycles. The van der Waals surface area contributed by atoms with E-state index in [4.69, 9.17) is 28.2 Å². The second kappa shape index (κ2) is 7.74. The molecule has 0 spiro atoms. The van der Waals surface area contributed by atoms with Crippen LogP contribution in [0.15, 0.2) is 41.4 Å². The molecule has 0 saturated carbocycles. The van der Waals surface area contributed by atoms with Gasteiger partial charge in [0.15, 0.2) is 11.4 Å². The Kier molecular flexibility index (Phi) is 5.32. The van der Waals surface area contributed by atoms with Crippen LogP contribution in [0.3, 0.4) is 0 Å². The maximum atomic E-state index is 13.2. The minimum atomic E-state index is -0.0296. The number of carbonyl (C=O) groups is 1. The molecule has 0 fully saturated rings. The average Bonchev–Trinajstić information content (AvgIpc) is 2.88. The molecule has 0 radical (unpaired) electrons. The van der Waals surface area contributed by atoms with E-state index in [-0.39, 0.29) is 11.8 Å². The van der Waals surface area contributed by atoms with E-state index in [9.17, 15) is 4.79 Å². The summed E-state index contributed by atoms with van der Waals surface area (Å²) in [6.07, 6.45) is 1.54. The fourth-order valence-corrected chi connectivity index (χ4v) is 4.13. The number of benzene rings is 1. The zero-order valence-corrected chi connectivity index (χ0v) is 17.3. The van der Waals surface area contributed by atoms with Gasteiger partial charge in [-0.25, -0.2) is 9.78 Å². The number of pyridine rings is 1. The Morgan fingerprint density at radius 1 is 1.18 bits per heavy atom. The van der Waals surface area contributed by atoms with Crippen LogP contribution in [0.1, 0.15) is 24.1 Å². The first-order valence-electron chi connectivity index (χ1n) is 9.25. The zero-order chi connectivity index (χ0) is 19.8. The van der Waals surface area contributed by atoms with Gasteiger partial charge in [-0.15, -0.1) is 4.58 Å². The first kappa shape index (κ1) is 19.2. The SMILES string of the molecule is CN(C)CCC1CC2=[N+](C1=O)c1ccc(Cl)nc1C(c1ccccc1Cl)=NC2. The Hall–Kier alpha value is -2.08. The lowest BCUT2D eigenvalue weighted by molar-refractivity contribution is -0.364. The van der Waals surface area contributed by atoms with Crippen molar-refractivity contribution >= 4 is 46.2 Å². The van der Waals surface area contributed by atoms with E-state index in [2.05, 4.69) is 9.88 Å². The molecular formula is C21H21Cl2N4O+. The van der Waals surface area contributed by atoms with Crippen LogP contribution in [0.2, 0.25) is 10.2 Å². The average molecular weight is 416 g/mol. The van der Waals surface area contributed by atoms with Gasteiger partial charge in [-0.2, -0.15) is 0 Å². The summed E-state index contributed by atoms with van der Waals surface area (Å²) in [5, 5.41) is 0.953. The van der Waals surface area contributed by atoms with Gasteiger partial charge in [0.2, 0.25) is 5.69 Å². The van der Waals surface area contributed by atoms with E-state index in [1.807, 2.05) is 44.4 Å². The maximum Gasteiger partial charge on any atom is 0.396 e. The topological polar surface area (TPSA) is 48.6 Å². The fourth-order valence-electron chi connectivity index (χ4n) is 3.76. The molecule has 2 aliphatic heterocycles. The largest absolute Gasteiger partial charge is 0.396 e. The number of amides is 1. The molecule has 1 aromatic carbocycles. The van der Waals surface area contributed by atoms with Gasteiger partial charge in [0.1, 0.15) is 11.7 Å². The number of carbonyl (C=O) groups excluding carboxylic acids is 1. The standard InChI is InChI=1S/C21H21Cl2N4O/c1-26(2)10-9-13-11-14-12-24-19(15-5-3-4-6-16(15)22)20-17(27(14)21(13)28)7-8-18(23)25-20/h3-8,13H,9-12H2,1-2H3/q+1. The van der Waals surface area contributed by atoms with E-state index < -0.39 is 0 Å². The van der Waals surface area contributed by atoms with Crippen molar-refractivity contribution in [3.63, 3.8) is 0 Å². The van der Waals surface area contributed by atoms with Crippen molar-refractivity contribution in [2.45, 2.75) is 12.8 Å². The quantitative estimate of drug-likeness (QED) is 0.563. The number of nitrogens with zero attached hydrogens (tertiary/aromatic N) is 4. The normalized spacial score (nSPS) is 18.8. The highest BCUT2D eigenvalue weighted by Crippen LogP contribution is 2.33. The highest BCUT2D eigenvalue weighted by Gasteiger charge is 2.45. The smallest absolute Gasteiger partial charge is 0.309 e. The lowest BCUT2D eigenvalue weighted by atomic mass is 10.00. The van der Waals surface area contributed by atoms with Gasteiger partial charge in [-0.1, -0.05) is 41.4 Å². The van der Waals surface area contributed by atoms with Gasteiger partial charge in [0.25, 0.3) is 0 Å². The molecule has 3 heterocycles. The molecule has 1 atom stereocenters. The summed E-state index contributed by atoms with van der Waals surface area (Å²) in [5.41, 5.74) is 3.78. The summed E-state index contributed by atoms with van der Waals surface area (Å²) in [5.74, 6) is 0.0795. The molecule has 4 rings (SSSR count). The summed E-state index contributed by atoms with van der Waals surface area (Å²) in [6.45, 7) is 1.32. The third-order valence-electron chi connectivity index (χ3n) is 5.15. The van der Waals surface area contributed by atoms with Crippen molar-refractivity contribution in [2.24, 2.45) is 10.9 Å². The third-order valence-corrected chi connectivity index (χ3v) is 5.69. The number of fused-ring (bicyclic) bond motifs is 2. The van der Waals surface area contributed by atoms with Crippen LogP contribution in [0.5, 0.6) is 0 Å². The molecule has 0 bridgehead atoms. The lowest BCUT2D eigenvalue weighted by Crippen LogP contribution is -2.24. The Bertz CT molecular complexity index is 1010. The van der Waals surface area contributed by atoms with E-state index in [0.717, 1.165) is 29.9 Å². The number of hydrogen-bond acceptors (Lipinski definition) is 4.